The maximum Gasteiger partial charge on any atom is 0.269 e. The minimum Gasteiger partial charge on any atom is -0.354 e. The third kappa shape index (κ3) is 4.88. The lowest BCUT2D eigenvalue weighted by Crippen LogP contribution is -2.25. The summed E-state index contributed by atoms with van der Waals surface area (Å²) in [7, 11) is 0. The smallest absolute Gasteiger partial charge is 0.269 e. The zero-order valence-electron chi connectivity index (χ0n) is 13.2. The van der Waals surface area contributed by atoms with Crippen molar-refractivity contribution in [2.24, 2.45) is 0 Å². The lowest BCUT2D eigenvalue weighted by Gasteiger charge is -2.08. The molecule has 1 heterocycles. The molecular weight excluding hydrogens is 274 g/mol. The van der Waals surface area contributed by atoms with Gasteiger partial charge in [-0.15, -0.1) is 0 Å². The van der Waals surface area contributed by atoms with Gasteiger partial charge in [-0.05, 0) is 37.6 Å². The zero-order valence-corrected chi connectivity index (χ0v) is 13.2. The SMILES string of the molecule is CCCCCNC(=O)c1ccc(Nc2ccc(C)cc2)cn1. The molecule has 0 fully saturated rings. The lowest BCUT2D eigenvalue weighted by atomic mass is 10.2. The van der Waals surface area contributed by atoms with Gasteiger partial charge >= 0.3 is 0 Å². The molecule has 22 heavy (non-hydrogen) atoms. The maximum absolute atomic E-state index is 11.9. The fourth-order valence-corrected chi connectivity index (χ4v) is 2.07. The predicted octanol–water partition coefficient (Wildman–Crippen LogP) is 4.05. The van der Waals surface area contributed by atoms with Crippen LogP contribution in [0.15, 0.2) is 42.6 Å². The molecule has 0 bridgehead atoms. The van der Waals surface area contributed by atoms with Crippen LogP contribution in [0.3, 0.4) is 0 Å². The normalized spacial score (nSPS) is 10.3. The minimum atomic E-state index is -0.113. The van der Waals surface area contributed by atoms with Gasteiger partial charge < -0.3 is 10.6 Å². The quantitative estimate of drug-likeness (QED) is 0.758. The van der Waals surface area contributed by atoms with Crippen LogP contribution in [-0.2, 0) is 0 Å². The summed E-state index contributed by atoms with van der Waals surface area (Å²) in [4.78, 5) is 16.1. The molecule has 1 amide bonds. The third-order valence-corrected chi connectivity index (χ3v) is 3.40. The average molecular weight is 297 g/mol. The molecule has 1 aromatic carbocycles. The number of hydrogen-bond donors (Lipinski definition) is 2. The van der Waals surface area contributed by atoms with Gasteiger partial charge in [-0.1, -0.05) is 37.5 Å². The van der Waals surface area contributed by atoms with Crippen LogP contribution in [-0.4, -0.2) is 17.4 Å². The molecule has 4 heteroatoms. The number of carbonyl (C=O) groups is 1. The van der Waals surface area contributed by atoms with Crippen LogP contribution in [0.25, 0.3) is 0 Å². The first-order valence-corrected chi connectivity index (χ1v) is 7.77. The highest BCUT2D eigenvalue weighted by Gasteiger charge is 2.06. The fraction of sp³-hybridized carbons (Fsp3) is 0.333. The van der Waals surface area contributed by atoms with Gasteiger partial charge in [0, 0.05) is 12.2 Å². The van der Waals surface area contributed by atoms with E-state index in [1.54, 1.807) is 12.3 Å². The molecule has 0 unspecified atom stereocenters. The Morgan fingerprint density at radius 3 is 2.41 bits per heavy atom. The lowest BCUT2D eigenvalue weighted by molar-refractivity contribution is 0.0948. The van der Waals surface area contributed by atoms with E-state index < -0.39 is 0 Å². The van der Waals surface area contributed by atoms with Crippen LogP contribution >= 0.6 is 0 Å². The van der Waals surface area contributed by atoms with Gasteiger partial charge in [-0.3, -0.25) is 4.79 Å². The van der Waals surface area contributed by atoms with Crippen molar-refractivity contribution in [1.82, 2.24) is 10.3 Å². The van der Waals surface area contributed by atoms with Crippen LogP contribution in [0.4, 0.5) is 11.4 Å². The Balaban J connectivity index is 1.89. The Bertz CT molecular complexity index is 591. The molecule has 2 aromatic rings. The second kappa shape index (κ2) is 8.17. The number of rotatable bonds is 7. The number of aromatic nitrogens is 1. The number of unbranched alkanes of at least 4 members (excludes halogenated alkanes) is 2. The van der Waals surface area contributed by atoms with Crippen LogP contribution in [0.1, 0.15) is 42.2 Å². The number of aryl methyl sites for hydroxylation is 1. The van der Waals surface area contributed by atoms with Crippen LogP contribution in [0.2, 0.25) is 0 Å². The van der Waals surface area contributed by atoms with E-state index in [4.69, 9.17) is 0 Å². The van der Waals surface area contributed by atoms with E-state index in [1.165, 1.54) is 5.56 Å². The molecular formula is C18H23N3O. The fourth-order valence-electron chi connectivity index (χ4n) is 2.07. The summed E-state index contributed by atoms with van der Waals surface area (Å²) in [6.45, 7) is 4.90. The number of nitrogens with one attached hydrogen (secondary N) is 2. The van der Waals surface area contributed by atoms with Crippen molar-refractivity contribution in [2.75, 3.05) is 11.9 Å². The first kappa shape index (κ1) is 16.0. The van der Waals surface area contributed by atoms with E-state index in [1.807, 2.05) is 30.3 Å². The highest BCUT2D eigenvalue weighted by molar-refractivity contribution is 5.92. The minimum absolute atomic E-state index is 0.113. The monoisotopic (exact) mass is 297 g/mol. The van der Waals surface area contributed by atoms with E-state index in [2.05, 4.69) is 29.5 Å². The van der Waals surface area contributed by atoms with Crippen molar-refractivity contribution >= 4 is 17.3 Å². The number of amides is 1. The molecule has 0 spiro atoms. The third-order valence-electron chi connectivity index (χ3n) is 3.40. The van der Waals surface area contributed by atoms with E-state index in [9.17, 15) is 4.79 Å². The largest absolute Gasteiger partial charge is 0.354 e. The predicted molar refractivity (Wildman–Crippen MR) is 90.6 cm³/mol. The molecule has 116 valence electrons. The molecule has 0 saturated heterocycles. The van der Waals surface area contributed by atoms with Crippen molar-refractivity contribution < 1.29 is 4.79 Å². The Morgan fingerprint density at radius 2 is 1.77 bits per heavy atom. The van der Waals surface area contributed by atoms with Gasteiger partial charge in [0.2, 0.25) is 0 Å². The van der Waals surface area contributed by atoms with Gasteiger partial charge in [0.25, 0.3) is 5.91 Å². The van der Waals surface area contributed by atoms with Gasteiger partial charge in [0.05, 0.1) is 11.9 Å². The maximum atomic E-state index is 11.9. The zero-order chi connectivity index (χ0) is 15.8. The Morgan fingerprint density at radius 1 is 1.05 bits per heavy atom. The Kier molecular flexibility index (Phi) is 5.95. The summed E-state index contributed by atoms with van der Waals surface area (Å²) in [6.07, 6.45) is 4.97. The molecule has 0 aliphatic carbocycles. The molecule has 0 radical (unpaired) electrons. The Labute approximate surface area is 132 Å². The standard InChI is InChI=1S/C18H23N3O/c1-3-4-5-12-19-18(22)17-11-10-16(13-20-17)21-15-8-6-14(2)7-9-15/h6-11,13,21H,3-5,12H2,1-2H3,(H,19,22). The molecule has 0 aliphatic rings. The second-order valence-electron chi connectivity index (χ2n) is 5.39. The van der Waals surface area contributed by atoms with E-state index in [-0.39, 0.29) is 5.91 Å². The second-order valence-corrected chi connectivity index (χ2v) is 5.39. The van der Waals surface area contributed by atoms with Crippen molar-refractivity contribution in [3.8, 4) is 0 Å². The number of benzene rings is 1. The molecule has 1 aromatic heterocycles. The molecule has 4 nitrogen and oxygen atoms in total. The summed E-state index contributed by atoms with van der Waals surface area (Å²) < 4.78 is 0. The first-order valence-electron chi connectivity index (χ1n) is 7.77. The van der Waals surface area contributed by atoms with E-state index in [0.29, 0.717) is 12.2 Å². The first-order chi connectivity index (χ1) is 10.7. The van der Waals surface area contributed by atoms with Gasteiger partial charge in [0.15, 0.2) is 0 Å². The van der Waals surface area contributed by atoms with Gasteiger partial charge in [-0.2, -0.15) is 0 Å². The summed E-state index contributed by atoms with van der Waals surface area (Å²) in [5.41, 5.74) is 3.54. The van der Waals surface area contributed by atoms with Gasteiger partial charge in [-0.25, -0.2) is 4.98 Å². The highest BCUT2D eigenvalue weighted by atomic mass is 16.1. The molecule has 0 atom stereocenters. The van der Waals surface area contributed by atoms with Crippen molar-refractivity contribution in [3.05, 3.63) is 53.9 Å². The van der Waals surface area contributed by atoms with Crippen LogP contribution < -0.4 is 10.6 Å². The number of carbonyl (C=O) groups excluding carboxylic acids is 1. The van der Waals surface area contributed by atoms with Crippen LogP contribution in [0.5, 0.6) is 0 Å². The summed E-state index contributed by atoms with van der Waals surface area (Å²) in [6, 6.07) is 11.7. The topological polar surface area (TPSA) is 54.0 Å². The van der Waals surface area contributed by atoms with E-state index >= 15 is 0 Å². The number of anilines is 2. The summed E-state index contributed by atoms with van der Waals surface area (Å²) >= 11 is 0. The van der Waals surface area contributed by atoms with Crippen molar-refractivity contribution in [3.63, 3.8) is 0 Å². The van der Waals surface area contributed by atoms with Crippen LogP contribution in [0, 0.1) is 6.92 Å². The summed E-state index contributed by atoms with van der Waals surface area (Å²) in [5.74, 6) is -0.113. The molecule has 0 saturated carbocycles. The highest BCUT2D eigenvalue weighted by Crippen LogP contribution is 2.16. The average Bonchev–Trinajstić information content (AvgIpc) is 2.54. The molecule has 0 aliphatic heterocycles. The number of nitrogens with zero attached hydrogens (tertiary/aromatic N) is 1. The van der Waals surface area contributed by atoms with Crippen molar-refractivity contribution in [2.45, 2.75) is 33.1 Å². The van der Waals surface area contributed by atoms with Crippen molar-refractivity contribution in [1.29, 1.82) is 0 Å². The molecule has 2 rings (SSSR count). The Hall–Kier alpha value is -2.36. The summed E-state index contributed by atoms with van der Waals surface area (Å²) in [5, 5.41) is 6.15. The number of pyridine rings is 1. The number of hydrogen-bond acceptors (Lipinski definition) is 3. The van der Waals surface area contributed by atoms with E-state index in [0.717, 1.165) is 30.6 Å². The molecule has 2 N–H and O–H groups in total. The van der Waals surface area contributed by atoms with Gasteiger partial charge in [0.1, 0.15) is 5.69 Å².